The number of H-pyrrole nitrogens is 1. The minimum atomic E-state index is -0.104. The van der Waals surface area contributed by atoms with Gasteiger partial charge in [-0.3, -0.25) is 9.89 Å². The lowest BCUT2D eigenvalue weighted by Gasteiger charge is -2.09. The van der Waals surface area contributed by atoms with Crippen molar-refractivity contribution in [3.8, 4) is 0 Å². The normalized spacial score (nSPS) is 11.5. The lowest BCUT2D eigenvalue weighted by molar-refractivity contribution is 0.642. The molecule has 0 bridgehead atoms. The van der Waals surface area contributed by atoms with E-state index in [2.05, 4.69) is 27.4 Å². The molecule has 2 aromatic carbocycles. The summed E-state index contributed by atoms with van der Waals surface area (Å²) in [5.41, 5.74) is 4.53. The molecule has 7 nitrogen and oxygen atoms in total. The number of nitrogens with one attached hydrogen (secondary N) is 1. The highest BCUT2D eigenvalue weighted by molar-refractivity contribution is 7.19. The summed E-state index contributed by atoms with van der Waals surface area (Å²) in [6, 6.07) is 22.0. The minimum Gasteiger partial charge on any atom is -0.315 e. The molecule has 0 unspecified atom stereocenters. The number of aromatic nitrogens is 6. The molecular weight excluding hydrogens is 432 g/mol. The molecule has 0 spiro atoms. The Kier molecular flexibility index (Phi) is 4.84. The van der Waals surface area contributed by atoms with Gasteiger partial charge in [-0.05, 0) is 17.2 Å². The number of rotatable bonds is 6. The van der Waals surface area contributed by atoms with Crippen LogP contribution in [0.25, 0.3) is 21.3 Å². The molecule has 6 aromatic rings. The highest BCUT2D eigenvalue weighted by Crippen LogP contribution is 2.33. The number of nitrogens with zero attached hydrogens (tertiary/aromatic N) is 5. The Bertz CT molecular complexity index is 1600. The van der Waals surface area contributed by atoms with Gasteiger partial charge in [-0.25, -0.2) is 9.67 Å². The fourth-order valence-corrected chi connectivity index (χ4v) is 5.24. The van der Waals surface area contributed by atoms with Crippen molar-refractivity contribution in [1.82, 2.24) is 29.5 Å². The van der Waals surface area contributed by atoms with Crippen LogP contribution < -0.4 is 5.56 Å². The van der Waals surface area contributed by atoms with E-state index >= 15 is 0 Å². The second-order valence-corrected chi connectivity index (χ2v) is 9.03. The molecule has 0 aliphatic heterocycles. The highest BCUT2D eigenvalue weighted by atomic mass is 32.1. The number of fused-ring (bicyclic) bond motifs is 3. The maximum absolute atomic E-state index is 13.6. The molecule has 6 rings (SSSR count). The van der Waals surface area contributed by atoms with Crippen LogP contribution >= 0.6 is 11.3 Å². The lowest BCUT2D eigenvalue weighted by atomic mass is 10.2. The van der Waals surface area contributed by atoms with Crippen LogP contribution in [0.5, 0.6) is 0 Å². The molecule has 4 heterocycles. The van der Waals surface area contributed by atoms with E-state index in [0.29, 0.717) is 25.0 Å². The summed E-state index contributed by atoms with van der Waals surface area (Å²) in [6.07, 6.45) is 4.22. The molecule has 4 aromatic heterocycles. The molecule has 0 amide bonds. The summed E-state index contributed by atoms with van der Waals surface area (Å²) in [4.78, 5) is 18.5. The zero-order valence-electron chi connectivity index (χ0n) is 17.7. The molecule has 0 saturated heterocycles. The smallest absolute Gasteiger partial charge is 0.291 e. The van der Waals surface area contributed by atoms with Gasteiger partial charge in [0.1, 0.15) is 10.5 Å². The zero-order chi connectivity index (χ0) is 22.2. The van der Waals surface area contributed by atoms with E-state index in [4.69, 9.17) is 4.98 Å². The fraction of sp³-hybridized carbons (Fsp3) is 0.120. The van der Waals surface area contributed by atoms with Crippen molar-refractivity contribution < 1.29 is 0 Å². The second-order valence-electron chi connectivity index (χ2n) is 7.95. The number of aromatic amines is 1. The average molecular weight is 453 g/mol. The van der Waals surface area contributed by atoms with E-state index in [-0.39, 0.29) is 5.56 Å². The first-order valence-electron chi connectivity index (χ1n) is 10.7. The molecule has 1 N–H and O–H groups in total. The van der Waals surface area contributed by atoms with E-state index in [1.165, 1.54) is 4.68 Å². The van der Waals surface area contributed by atoms with Crippen LogP contribution in [-0.4, -0.2) is 29.5 Å². The van der Waals surface area contributed by atoms with Crippen LogP contribution in [0.15, 0.2) is 83.9 Å². The summed E-state index contributed by atoms with van der Waals surface area (Å²) in [7, 11) is 0. The van der Waals surface area contributed by atoms with Crippen molar-refractivity contribution in [1.29, 1.82) is 0 Å². The third-order valence-corrected chi connectivity index (χ3v) is 6.78. The Labute approximate surface area is 193 Å². The standard InChI is InChI=1S/C25H20N6OS/c32-25-22-20(14-27-31(25)16-18-9-5-2-6-10-18)23-24(30(22)15-17-7-3-1-4-8-17)28-21(33-23)13-19-11-12-26-29-19/h1-12,14H,13,15-16H2,(H,26,29). The molecule has 0 aliphatic rings. The number of benzene rings is 2. The fourth-order valence-electron chi connectivity index (χ4n) is 4.14. The van der Waals surface area contributed by atoms with E-state index in [9.17, 15) is 4.79 Å². The number of hydrogen-bond acceptors (Lipinski definition) is 5. The largest absolute Gasteiger partial charge is 0.315 e. The van der Waals surface area contributed by atoms with Gasteiger partial charge < -0.3 is 4.57 Å². The van der Waals surface area contributed by atoms with Gasteiger partial charge in [0.05, 0.1) is 17.4 Å². The van der Waals surface area contributed by atoms with E-state index in [0.717, 1.165) is 37.6 Å². The number of thiazole rings is 1. The molecule has 8 heteroatoms. The molecule has 0 atom stereocenters. The van der Waals surface area contributed by atoms with Gasteiger partial charge in [0.25, 0.3) is 5.56 Å². The van der Waals surface area contributed by atoms with Crippen LogP contribution in [0.2, 0.25) is 0 Å². The van der Waals surface area contributed by atoms with E-state index in [1.807, 2.05) is 65.4 Å². The van der Waals surface area contributed by atoms with Gasteiger partial charge in [-0.15, -0.1) is 11.3 Å². The Morgan fingerprint density at radius 1 is 0.909 bits per heavy atom. The number of hydrogen-bond donors (Lipinski definition) is 1. The first-order valence-corrected chi connectivity index (χ1v) is 11.5. The van der Waals surface area contributed by atoms with E-state index < -0.39 is 0 Å². The van der Waals surface area contributed by atoms with Crippen LogP contribution in [0, 0.1) is 0 Å². The molecule has 0 saturated carbocycles. The summed E-state index contributed by atoms with van der Waals surface area (Å²) in [6.45, 7) is 0.997. The first kappa shape index (κ1) is 19.6. The van der Waals surface area contributed by atoms with Crippen LogP contribution in [-0.2, 0) is 19.5 Å². The Morgan fingerprint density at radius 2 is 1.64 bits per heavy atom. The van der Waals surface area contributed by atoms with Crippen molar-refractivity contribution in [2.24, 2.45) is 0 Å². The van der Waals surface area contributed by atoms with Crippen LogP contribution in [0.1, 0.15) is 21.8 Å². The van der Waals surface area contributed by atoms with Crippen LogP contribution in [0.4, 0.5) is 0 Å². The summed E-state index contributed by atoms with van der Waals surface area (Å²) in [5.74, 6) is 0. The van der Waals surface area contributed by atoms with Crippen molar-refractivity contribution in [2.45, 2.75) is 19.5 Å². The second kappa shape index (κ2) is 8.14. The highest BCUT2D eigenvalue weighted by Gasteiger charge is 2.20. The third kappa shape index (κ3) is 3.64. The molecule has 162 valence electrons. The van der Waals surface area contributed by atoms with Gasteiger partial charge >= 0.3 is 0 Å². The van der Waals surface area contributed by atoms with Gasteiger partial charge in [0.15, 0.2) is 5.65 Å². The summed E-state index contributed by atoms with van der Waals surface area (Å²) < 4.78 is 4.57. The quantitative estimate of drug-likeness (QED) is 0.410. The minimum absolute atomic E-state index is 0.104. The lowest BCUT2D eigenvalue weighted by Crippen LogP contribution is -2.25. The monoisotopic (exact) mass is 452 g/mol. The maximum Gasteiger partial charge on any atom is 0.291 e. The predicted octanol–water partition coefficient (Wildman–Crippen LogP) is 4.22. The average Bonchev–Trinajstić information content (AvgIpc) is 3.56. The van der Waals surface area contributed by atoms with Crippen molar-refractivity contribution >= 4 is 32.6 Å². The van der Waals surface area contributed by atoms with Crippen LogP contribution in [0.3, 0.4) is 0 Å². The molecule has 0 fully saturated rings. The van der Waals surface area contributed by atoms with Gasteiger partial charge in [0, 0.05) is 30.2 Å². The SMILES string of the molecule is O=c1c2c(cnn1Cc1ccccc1)c1sc(Cc3ccn[nH]3)nc1n2Cc1ccccc1. The van der Waals surface area contributed by atoms with Crippen molar-refractivity contribution in [2.75, 3.05) is 0 Å². The Hall–Kier alpha value is -4.04. The van der Waals surface area contributed by atoms with Crippen molar-refractivity contribution in [3.63, 3.8) is 0 Å². The maximum atomic E-state index is 13.6. The predicted molar refractivity (Wildman–Crippen MR) is 130 cm³/mol. The molecule has 0 radical (unpaired) electrons. The summed E-state index contributed by atoms with van der Waals surface area (Å²) >= 11 is 1.61. The Morgan fingerprint density at radius 3 is 2.33 bits per heavy atom. The topological polar surface area (TPSA) is 81.4 Å². The van der Waals surface area contributed by atoms with E-state index in [1.54, 1.807) is 17.5 Å². The molecular formula is C25H20N6OS. The van der Waals surface area contributed by atoms with Gasteiger partial charge in [-0.1, -0.05) is 60.7 Å². The van der Waals surface area contributed by atoms with Gasteiger partial charge in [0.2, 0.25) is 0 Å². The molecule has 0 aliphatic carbocycles. The Balaban J connectivity index is 1.52. The van der Waals surface area contributed by atoms with Gasteiger partial charge in [-0.2, -0.15) is 10.2 Å². The third-order valence-electron chi connectivity index (χ3n) is 5.70. The molecule has 33 heavy (non-hydrogen) atoms. The van der Waals surface area contributed by atoms with Crippen molar-refractivity contribution in [3.05, 3.63) is 111 Å². The zero-order valence-corrected chi connectivity index (χ0v) is 18.5. The first-order chi connectivity index (χ1) is 16.3. The summed E-state index contributed by atoms with van der Waals surface area (Å²) in [5, 5.41) is 13.4.